The molecule has 0 aliphatic carbocycles. The number of benzene rings is 1. The second-order valence-corrected chi connectivity index (χ2v) is 2.33. The molecule has 0 fully saturated rings. The van der Waals surface area contributed by atoms with Gasteiger partial charge in [0, 0.05) is 6.07 Å². The standard InChI is InChI=1S/C6H2ClF2NO2/c7-5-4(10(11)12)2-1-3(8)6(5)9/h1-2H. The van der Waals surface area contributed by atoms with Gasteiger partial charge < -0.3 is 0 Å². The normalized spacial score (nSPS) is 9.92. The van der Waals surface area contributed by atoms with Gasteiger partial charge in [-0.15, -0.1) is 0 Å². The number of hydrogen-bond acceptors (Lipinski definition) is 2. The number of halogens is 3. The van der Waals surface area contributed by atoms with Crippen molar-refractivity contribution in [1.29, 1.82) is 0 Å². The third-order valence-corrected chi connectivity index (χ3v) is 1.57. The summed E-state index contributed by atoms with van der Waals surface area (Å²) < 4.78 is 24.9. The zero-order valence-electron chi connectivity index (χ0n) is 5.55. The molecule has 0 unspecified atom stereocenters. The van der Waals surface area contributed by atoms with E-state index in [-0.39, 0.29) is 0 Å². The monoisotopic (exact) mass is 193 g/mol. The minimum Gasteiger partial charge on any atom is -0.258 e. The molecule has 64 valence electrons. The SMILES string of the molecule is O=[N+]([O-])c1ccc(F)c(F)c1Cl. The van der Waals surface area contributed by atoms with Gasteiger partial charge in [-0.3, -0.25) is 10.1 Å². The summed E-state index contributed by atoms with van der Waals surface area (Å²) in [5.74, 6) is -2.60. The van der Waals surface area contributed by atoms with E-state index in [1.165, 1.54) is 0 Å². The lowest BCUT2D eigenvalue weighted by Crippen LogP contribution is -1.93. The van der Waals surface area contributed by atoms with E-state index in [1.54, 1.807) is 0 Å². The molecule has 0 heterocycles. The molecule has 6 heteroatoms. The summed E-state index contributed by atoms with van der Waals surface area (Å²) in [5, 5.41) is 9.31. The van der Waals surface area contributed by atoms with E-state index in [2.05, 4.69) is 0 Å². The fourth-order valence-electron chi connectivity index (χ4n) is 0.657. The number of nitrogens with zero attached hydrogens (tertiary/aromatic N) is 1. The Labute approximate surface area is 70.7 Å². The third-order valence-electron chi connectivity index (χ3n) is 1.21. The van der Waals surface area contributed by atoms with Crippen molar-refractivity contribution < 1.29 is 13.7 Å². The molecule has 0 aliphatic heterocycles. The molecule has 1 aromatic carbocycles. The first-order valence-electron chi connectivity index (χ1n) is 2.82. The highest BCUT2D eigenvalue weighted by molar-refractivity contribution is 6.32. The minimum absolute atomic E-state index is 0.643. The van der Waals surface area contributed by atoms with Gasteiger partial charge in [0.2, 0.25) is 0 Å². The molecule has 0 saturated carbocycles. The first kappa shape index (κ1) is 8.86. The highest BCUT2D eigenvalue weighted by atomic mass is 35.5. The van der Waals surface area contributed by atoms with Gasteiger partial charge in [-0.2, -0.15) is 0 Å². The second-order valence-electron chi connectivity index (χ2n) is 1.95. The van der Waals surface area contributed by atoms with Crippen LogP contribution in [0.25, 0.3) is 0 Å². The molecule has 12 heavy (non-hydrogen) atoms. The third kappa shape index (κ3) is 1.35. The number of rotatable bonds is 1. The Kier molecular flexibility index (Phi) is 2.23. The predicted octanol–water partition coefficient (Wildman–Crippen LogP) is 2.53. The molecule has 0 aliphatic rings. The lowest BCUT2D eigenvalue weighted by molar-refractivity contribution is -0.384. The largest absolute Gasteiger partial charge is 0.291 e. The molecule has 0 saturated heterocycles. The quantitative estimate of drug-likeness (QED) is 0.391. The van der Waals surface area contributed by atoms with Gasteiger partial charge in [-0.1, -0.05) is 11.6 Å². The molecule has 0 spiro atoms. The van der Waals surface area contributed by atoms with Crippen molar-refractivity contribution in [3.63, 3.8) is 0 Å². The Morgan fingerprint density at radius 3 is 2.50 bits per heavy atom. The van der Waals surface area contributed by atoms with Crippen LogP contribution in [0, 0.1) is 21.7 Å². The maximum absolute atomic E-state index is 12.5. The van der Waals surface area contributed by atoms with E-state index >= 15 is 0 Å². The van der Waals surface area contributed by atoms with Crippen LogP contribution in [-0.4, -0.2) is 4.92 Å². The highest BCUT2D eigenvalue weighted by Crippen LogP contribution is 2.27. The van der Waals surface area contributed by atoms with Crippen molar-refractivity contribution in [3.8, 4) is 0 Å². The molecule has 0 amide bonds. The van der Waals surface area contributed by atoms with Gasteiger partial charge >= 0.3 is 0 Å². The first-order valence-corrected chi connectivity index (χ1v) is 3.19. The van der Waals surface area contributed by atoms with Gasteiger partial charge in [0.25, 0.3) is 5.69 Å². The van der Waals surface area contributed by atoms with E-state index < -0.39 is 27.3 Å². The van der Waals surface area contributed by atoms with Crippen molar-refractivity contribution >= 4 is 17.3 Å². The smallest absolute Gasteiger partial charge is 0.258 e. The zero-order valence-corrected chi connectivity index (χ0v) is 6.31. The molecule has 0 radical (unpaired) electrons. The maximum Gasteiger partial charge on any atom is 0.291 e. The van der Waals surface area contributed by atoms with Crippen molar-refractivity contribution in [1.82, 2.24) is 0 Å². The molecule has 0 aromatic heterocycles. The number of nitro benzene ring substituents is 1. The molecular formula is C6H2ClF2NO2. The van der Waals surface area contributed by atoms with Crippen LogP contribution in [0.15, 0.2) is 12.1 Å². The van der Waals surface area contributed by atoms with E-state index in [0.29, 0.717) is 6.07 Å². The molecule has 1 rings (SSSR count). The summed E-state index contributed by atoms with van der Waals surface area (Å²) in [4.78, 5) is 9.23. The summed E-state index contributed by atoms with van der Waals surface area (Å²) in [6.07, 6.45) is 0. The lowest BCUT2D eigenvalue weighted by atomic mass is 10.3. The van der Waals surface area contributed by atoms with Crippen LogP contribution < -0.4 is 0 Å². The predicted molar refractivity (Wildman–Crippen MR) is 38.0 cm³/mol. The number of nitro groups is 1. The van der Waals surface area contributed by atoms with Crippen molar-refractivity contribution in [2.45, 2.75) is 0 Å². The summed E-state index contributed by atoms with van der Waals surface area (Å²) in [6, 6.07) is 1.46. The van der Waals surface area contributed by atoms with Crippen LogP contribution in [0.1, 0.15) is 0 Å². The fourth-order valence-corrected chi connectivity index (χ4v) is 0.879. The summed E-state index contributed by atoms with van der Waals surface area (Å²) in [7, 11) is 0. The molecule has 0 N–H and O–H groups in total. The Morgan fingerprint density at radius 2 is 2.00 bits per heavy atom. The van der Waals surface area contributed by atoms with Crippen LogP contribution in [0.4, 0.5) is 14.5 Å². The van der Waals surface area contributed by atoms with Crippen LogP contribution in [0.3, 0.4) is 0 Å². The van der Waals surface area contributed by atoms with Gasteiger partial charge in [-0.25, -0.2) is 8.78 Å². The summed E-state index contributed by atoms with van der Waals surface area (Å²) in [6.45, 7) is 0. The zero-order chi connectivity index (χ0) is 9.30. The Bertz CT molecular complexity index is 343. The number of hydrogen-bond donors (Lipinski definition) is 0. The molecule has 3 nitrogen and oxygen atoms in total. The van der Waals surface area contributed by atoms with Crippen molar-refractivity contribution in [2.24, 2.45) is 0 Å². The topological polar surface area (TPSA) is 43.1 Å². The first-order chi connectivity index (χ1) is 5.54. The molecule has 1 aromatic rings. The van der Waals surface area contributed by atoms with E-state index in [4.69, 9.17) is 11.6 Å². The van der Waals surface area contributed by atoms with E-state index in [1.807, 2.05) is 0 Å². The van der Waals surface area contributed by atoms with Crippen molar-refractivity contribution in [3.05, 3.63) is 38.9 Å². The minimum atomic E-state index is -1.40. The van der Waals surface area contributed by atoms with Crippen molar-refractivity contribution in [2.75, 3.05) is 0 Å². The Hall–Kier alpha value is -1.23. The van der Waals surface area contributed by atoms with Crippen LogP contribution >= 0.6 is 11.6 Å². The van der Waals surface area contributed by atoms with E-state index in [0.717, 1.165) is 6.07 Å². The van der Waals surface area contributed by atoms with Gasteiger partial charge in [-0.05, 0) is 6.07 Å². The van der Waals surface area contributed by atoms with E-state index in [9.17, 15) is 18.9 Å². The Morgan fingerprint density at radius 1 is 1.42 bits per heavy atom. The average Bonchev–Trinajstić information content (AvgIpc) is 2.00. The fraction of sp³-hybridized carbons (Fsp3) is 0. The molecule has 0 bridgehead atoms. The van der Waals surface area contributed by atoms with Crippen LogP contribution in [0.2, 0.25) is 5.02 Å². The average molecular weight is 194 g/mol. The molecular weight excluding hydrogens is 192 g/mol. The second kappa shape index (κ2) is 3.02. The Balaban J connectivity index is 3.36. The van der Waals surface area contributed by atoms with Gasteiger partial charge in [0.15, 0.2) is 16.7 Å². The molecule has 0 atom stereocenters. The lowest BCUT2D eigenvalue weighted by Gasteiger charge is -1.96. The van der Waals surface area contributed by atoms with Gasteiger partial charge in [0.05, 0.1) is 4.92 Å². The summed E-state index contributed by atoms with van der Waals surface area (Å²) in [5.41, 5.74) is -0.643. The summed E-state index contributed by atoms with van der Waals surface area (Å²) >= 11 is 5.14. The maximum atomic E-state index is 12.5. The van der Waals surface area contributed by atoms with Gasteiger partial charge in [0.1, 0.15) is 0 Å². The highest BCUT2D eigenvalue weighted by Gasteiger charge is 2.18. The van der Waals surface area contributed by atoms with Crippen LogP contribution in [-0.2, 0) is 0 Å². The van der Waals surface area contributed by atoms with Crippen LogP contribution in [0.5, 0.6) is 0 Å².